The SMILES string of the molecule is O=C(c1cc2c(c3ncccc13)Nc1ccccc1N=C2C(F)(F)F)C(F)(F)F. The molecular formula is C19H9F6N3O. The lowest BCUT2D eigenvalue weighted by atomic mass is 9.96. The summed E-state index contributed by atoms with van der Waals surface area (Å²) in [5, 5.41) is 2.56. The van der Waals surface area contributed by atoms with Crippen LogP contribution in [0, 0.1) is 0 Å². The highest BCUT2D eigenvalue weighted by atomic mass is 19.4. The molecule has 4 rings (SSSR count). The number of ketones is 1. The van der Waals surface area contributed by atoms with E-state index in [-0.39, 0.29) is 28.0 Å². The number of para-hydroxylation sites is 2. The zero-order chi connectivity index (χ0) is 21.0. The zero-order valence-electron chi connectivity index (χ0n) is 14.2. The summed E-state index contributed by atoms with van der Waals surface area (Å²) in [6, 6.07) is 8.92. The van der Waals surface area contributed by atoms with Crippen molar-refractivity contribution in [3.8, 4) is 0 Å². The van der Waals surface area contributed by atoms with Crippen molar-refractivity contribution in [3.63, 3.8) is 0 Å². The van der Waals surface area contributed by atoms with Gasteiger partial charge >= 0.3 is 12.4 Å². The number of fused-ring (bicyclic) bond motifs is 4. The third-order valence-corrected chi connectivity index (χ3v) is 4.31. The number of alkyl halides is 6. The topological polar surface area (TPSA) is 54.4 Å². The average molecular weight is 409 g/mol. The molecule has 1 aromatic heterocycles. The van der Waals surface area contributed by atoms with E-state index < -0.39 is 35.0 Å². The fraction of sp³-hybridized carbons (Fsp3) is 0.105. The predicted molar refractivity (Wildman–Crippen MR) is 94.1 cm³/mol. The molecule has 2 heterocycles. The van der Waals surface area contributed by atoms with E-state index in [1.165, 1.54) is 36.5 Å². The van der Waals surface area contributed by atoms with Gasteiger partial charge in [0.2, 0.25) is 0 Å². The maximum Gasteiger partial charge on any atom is 0.454 e. The first-order valence-corrected chi connectivity index (χ1v) is 8.13. The Morgan fingerprint density at radius 3 is 2.38 bits per heavy atom. The van der Waals surface area contributed by atoms with E-state index in [2.05, 4.69) is 15.3 Å². The summed E-state index contributed by atoms with van der Waals surface area (Å²) in [6.45, 7) is 0. The molecule has 2 aromatic carbocycles. The van der Waals surface area contributed by atoms with Crippen LogP contribution in [-0.4, -0.2) is 28.8 Å². The molecule has 3 aromatic rings. The van der Waals surface area contributed by atoms with Crippen molar-refractivity contribution in [2.24, 2.45) is 4.99 Å². The summed E-state index contributed by atoms with van der Waals surface area (Å²) < 4.78 is 80.6. The van der Waals surface area contributed by atoms with Crippen LogP contribution in [0.5, 0.6) is 0 Å². The predicted octanol–water partition coefficient (Wildman–Crippen LogP) is 5.72. The minimum atomic E-state index is -5.27. The number of anilines is 2. The number of hydrogen-bond donors (Lipinski definition) is 1. The third kappa shape index (κ3) is 3.20. The van der Waals surface area contributed by atoms with Crippen molar-refractivity contribution < 1.29 is 31.1 Å². The number of benzene rings is 2. The first kappa shape index (κ1) is 18.9. The maximum absolute atomic E-state index is 13.8. The van der Waals surface area contributed by atoms with Crippen molar-refractivity contribution in [1.82, 2.24) is 4.98 Å². The summed E-state index contributed by atoms with van der Waals surface area (Å²) in [7, 11) is 0. The minimum absolute atomic E-state index is 0.0520. The van der Waals surface area contributed by atoms with Crippen LogP contribution in [-0.2, 0) is 0 Å². The summed E-state index contributed by atoms with van der Waals surface area (Å²) >= 11 is 0. The number of nitrogens with zero attached hydrogens (tertiary/aromatic N) is 2. The highest BCUT2D eigenvalue weighted by Gasteiger charge is 2.44. The molecule has 1 aliphatic rings. The fourth-order valence-electron chi connectivity index (χ4n) is 3.11. The Bertz CT molecular complexity index is 1180. The van der Waals surface area contributed by atoms with Gasteiger partial charge in [0.1, 0.15) is 0 Å². The second-order valence-electron chi connectivity index (χ2n) is 6.17. The highest BCUT2D eigenvalue weighted by Crippen LogP contribution is 2.42. The van der Waals surface area contributed by atoms with Gasteiger partial charge in [-0.25, -0.2) is 4.99 Å². The normalized spacial score (nSPS) is 13.8. The number of carbonyl (C=O) groups excluding carboxylic acids is 1. The Balaban J connectivity index is 2.13. The van der Waals surface area contributed by atoms with E-state index in [1.807, 2.05) is 0 Å². The molecule has 1 N–H and O–H groups in total. The standard InChI is InChI=1S/C19H9F6N3O/c20-18(21,22)16-11-8-10(17(29)19(23,24)25)9-4-3-7-26-14(9)15(11)27-12-5-1-2-6-13(12)28-16/h1-8,27H. The Morgan fingerprint density at radius 1 is 0.966 bits per heavy atom. The van der Waals surface area contributed by atoms with Crippen LogP contribution >= 0.6 is 0 Å². The van der Waals surface area contributed by atoms with Gasteiger partial charge in [0.05, 0.1) is 22.6 Å². The van der Waals surface area contributed by atoms with Crippen LogP contribution in [0.2, 0.25) is 0 Å². The molecule has 0 amide bonds. The number of halogens is 6. The molecular weight excluding hydrogens is 400 g/mol. The number of rotatable bonds is 1. The molecule has 10 heteroatoms. The number of pyridine rings is 1. The van der Waals surface area contributed by atoms with Crippen LogP contribution < -0.4 is 5.32 Å². The summed E-state index contributed by atoms with van der Waals surface area (Å²) in [6.07, 6.45) is -9.05. The molecule has 0 atom stereocenters. The molecule has 0 unspecified atom stereocenters. The summed E-state index contributed by atoms with van der Waals surface area (Å²) in [5.74, 6) is -2.26. The third-order valence-electron chi connectivity index (χ3n) is 4.31. The molecule has 1 aliphatic heterocycles. The zero-order valence-corrected chi connectivity index (χ0v) is 14.2. The number of carbonyl (C=O) groups is 1. The number of aliphatic imine (C=N–C) groups is 1. The van der Waals surface area contributed by atoms with Crippen molar-refractivity contribution >= 4 is 39.5 Å². The van der Waals surface area contributed by atoms with Crippen LogP contribution in [0.15, 0.2) is 53.7 Å². The number of aromatic nitrogens is 1. The van der Waals surface area contributed by atoms with Gasteiger partial charge in [-0.3, -0.25) is 9.78 Å². The quantitative estimate of drug-likeness (QED) is 0.413. The molecule has 29 heavy (non-hydrogen) atoms. The summed E-state index contributed by atoms with van der Waals surface area (Å²) in [5.41, 5.74) is -3.25. The number of Topliss-reactive ketones (excluding diaryl/α,β-unsaturated/α-hetero) is 1. The molecule has 0 fully saturated rings. The van der Waals surface area contributed by atoms with Crippen molar-refractivity contribution in [2.75, 3.05) is 5.32 Å². The first-order valence-electron chi connectivity index (χ1n) is 8.13. The maximum atomic E-state index is 13.8. The Morgan fingerprint density at radius 2 is 1.69 bits per heavy atom. The van der Waals surface area contributed by atoms with Gasteiger partial charge in [0.15, 0.2) is 5.71 Å². The van der Waals surface area contributed by atoms with E-state index in [9.17, 15) is 31.1 Å². The largest absolute Gasteiger partial charge is 0.454 e. The molecule has 4 nitrogen and oxygen atoms in total. The van der Waals surface area contributed by atoms with E-state index in [1.54, 1.807) is 6.07 Å². The molecule has 0 radical (unpaired) electrons. The highest BCUT2D eigenvalue weighted by molar-refractivity contribution is 6.21. The molecule has 148 valence electrons. The molecule has 0 saturated heterocycles. The van der Waals surface area contributed by atoms with E-state index in [0.717, 1.165) is 0 Å². The van der Waals surface area contributed by atoms with E-state index >= 15 is 0 Å². The van der Waals surface area contributed by atoms with E-state index in [4.69, 9.17) is 0 Å². The van der Waals surface area contributed by atoms with Gasteiger partial charge < -0.3 is 5.32 Å². The van der Waals surface area contributed by atoms with Gasteiger partial charge in [-0.1, -0.05) is 18.2 Å². The second kappa shape index (κ2) is 6.29. The second-order valence-corrected chi connectivity index (χ2v) is 6.17. The first-order chi connectivity index (χ1) is 13.6. The van der Waals surface area contributed by atoms with Gasteiger partial charge in [-0.15, -0.1) is 0 Å². The van der Waals surface area contributed by atoms with Crippen molar-refractivity contribution in [1.29, 1.82) is 0 Å². The lowest BCUT2D eigenvalue weighted by molar-refractivity contribution is -0.0884. The Hall–Kier alpha value is -3.43. The van der Waals surface area contributed by atoms with E-state index in [0.29, 0.717) is 6.07 Å². The summed E-state index contributed by atoms with van der Waals surface area (Å²) in [4.78, 5) is 19.5. The molecule has 0 spiro atoms. The minimum Gasteiger partial charge on any atom is -0.351 e. The number of hydrogen-bond acceptors (Lipinski definition) is 4. The number of nitrogens with one attached hydrogen (secondary N) is 1. The van der Waals surface area contributed by atoms with Gasteiger partial charge in [0, 0.05) is 22.7 Å². The molecule has 0 saturated carbocycles. The van der Waals surface area contributed by atoms with Gasteiger partial charge in [-0.2, -0.15) is 26.3 Å². The van der Waals surface area contributed by atoms with Crippen molar-refractivity contribution in [2.45, 2.75) is 12.4 Å². The fourth-order valence-corrected chi connectivity index (χ4v) is 3.11. The van der Waals surface area contributed by atoms with Crippen LogP contribution in [0.3, 0.4) is 0 Å². The lowest BCUT2D eigenvalue weighted by Crippen LogP contribution is -2.27. The van der Waals surface area contributed by atoms with Crippen molar-refractivity contribution in [3.05, 3.63) is 59.8 Å². The monoisotopic (exact) mass is 409 g/mol. The van der Waals surface area contributed by atoms with Crippen LogP contribution in [0.1, 0.15) is 15.9 Å². The van der Waals surface area contributed by atoms with Crippen LogP contribution in [0.25, 0.3) is 10.9 Å². The van der Waals surface area contributed by atoms with Crippen LogP contribution in [0.4, 0.5) is 43.4 Å². The molecule has 0 aliphatic carbocycles. The van der Waals surface area contributed by atoms with Gasteiger partial charge in [-0.05, 0) is 24.3 Å². The Labute approximate surface area is 158 Å². The average Bonchev–Trinajstić information content (AvgIpc) is 2.83. The smallest absolute Gasteiger partial charge is 0.351 e. The lowest BCUT2D eigenvalue weighted by Gasteiger charge is -2.17. The molecule has 0 bridgehead atoms. The Kier molecular flexibility index (Phi) is 4.10. The van der Waals surface area contributed by atoms with Gasteiger partial charge in [0.25, 0.3) is 5.78 Å².